The number of nitriles is 1. The van der Waals surface area contributed by atoms with Crippen molar-refractivity contribution < 1.29 is 18.0 Å². The van der Waals surface area contributed by atoms with E-state index in [2.05, 4.69) is 21.2 Å². The number of nitrogens with zero attached hydrogens (tertiary/aromatic N) is 5. The lowest BCUT2D eigenvalue weighted by molar-refractivity contribution is 0.128. The first-order chi connectivity index (χ1) is 13.7. The molecule has 0 bridgehead atoms. The van der Waals surface area contributed by atoms with Crippen molar-refractivity contribution in [1.29, 1.82) is 5.26 Å². The van der Waals surface area contributed by atoms with Gasteiger partial charge in [0.25, 0.3) is 11.8 Å². The normalized spacial score (nSPS) is 12.9. The van der Waals surface area contributed by atoms with Crippen molar-refractivity contribution in [3.8, 4) is 23.4 Å². The minimum Gasteiger partial charge on any atom is -0.468 e. The summed E-state index contributed by atoms with van der Waals surface area (Å²) in [5, 5.41) is 13.3. The Morgan fingerprint density at radius 1 is 1.29 bits per heavy atom. The highest BCUT2D eigenvalue weighted by Gasteiger charge is 2.24. The Morgan fingerprint density at radius 2 is 2.11 bits per heavy atom. The smallest absolute Gasteiger partial charge is 0.270 e. The van der Waals surface area contributed by atoms with Crippen LogP contribution in [0.25, 0.3) is 11.5 Å². The molecular formula is C19H15F2N5O2. The van der Waals surface area contributed by atoms with Crippen molar-refractivity contribution in [2.75, 3.05) is 24.8 Å². The van der Waals surface area contributed by atoms with Crippen LogP contribution in [0, 0.1) is 11.3 Å². The highest BCUT2D eigenvalue weighted by atomic mass is 19.1. The van der Waals surface area contributed by atoms with E-state index in [1.54, 1.807) is 0 Å². The maximum atomic E-state index is 12.7. The van der Waals surface area contributed by atoms with Crippen molar-refractivity contribution in [2.24, 2.45) is 0 Å². The lowest BCUT2D eigenvalue weighted by Gasteiger charge is -2.13. The van der Waals surface area contributed by atoms with Crippen LogP contribution in [-0.4, -0.2) is 41.1 Å². The minimum absolute atomic E-state index is 0.0238. The SMILES string of the molecule is N#Cc1cc(-c2nc(N3CCc4ccccc43)no2)cnc1OC(CF)CF. The highest BCUT2D eigenvalue weighted by Crippen LogP contribution is 2.33. The van der Waals surface area contributed by atoms with Crippen LogP contribution in [0.15, 0.2) is 41.1 Å². The van der Waals surface area contributed by atoms with Gasteiger partial charge in [-0.25, -0.2) is 13.8 Å². The summed E-state index contributed by atoms with van der Waals surface area (Å²) in [6, 6.07) is 11.3. The van der Waals surface area contributed by atoms with Gasteiger partial charge in [0.05, 0.1) is 5.56 Å². The summed E-state index contributed by atoms with van der Waals surface area (Å²) in [6.07, 6.45) is 0.950. The lowest BCUT2D eigenvalue weighted by atomic mass is 10.2. The second-order valence-electron chi connectivity index (χ2n) is 6.17. The topological polar surface area (TPSA) is 88.1 Å². The molecule has 1 aliphatic rings. The molecule has 0 radical (unpaired) electrons. The molecule has 0 saturated carbocycles. The number of hydrogen-bond acceptors (Lipinski definition) is 7. The summed E-state index contributed by atoms with van der Waals surface area (Å²) < 4.78 is 35.8. The molecule has 0 aliphatic carbocycles. The first-order valence-electron chi connectivity index (χ1n) is 8.61. The molecule has 0 saturated heterocycles. The first-order valence-corrected chi connectivity index (χ1v) is 8.61. The van der Waals surface area contributed by atoms with E-state index in [4.69, 9.17) is 9.26 Å². The number of para-hydroxylation sites is 1. The monoisotopic (exact) mass is 383 g/mol. The molecule has 0 N–H and O–H groups in total. The summed E-state index contributed by atoms with van der Waals surface area (Å²) in [6.45, 7) is -1.30. The number of hydrogen-bond donors (Lipinski definition) is 0. The predicted octanol–water partition coefficient (Wildman–Crippen LogP) is 3.38. The summed E-state index contributed by atoms with van der Waals surface area (Å²) in [7, 11) is 0. The molecule has 3 aromatic rings. The third kappa shape index (κ3) is 3.24. The fourth-order valence-corrected chi connectivity index (χ4v) is 2.99. The van der Waals surface area contributed by atoms with Gasteiger partial charge in [0.2, 0.25) is 5.88 Å². The number of fused-ring (bicyclic) bond motifs is 1. The molecule has 4 rings (SSSR count). The molecule has 0 atom stereocenters. The van der Waals surface area contributed by atoms with E-state index in [0.717, 1.165) is 18.7 Å². The summed E-state index contributed by atoms with van der Waals surface area (Å²) in [5.41, 5.74) is 2.67. The van der Waals surface area contributed by atoms with E-state index in [-0.39, 0.29) is 17.3 Å². The van der Waals surface area contributed by atoms with Gasteiger partial charge >= 0.3 is 0 Å². The van der Waals surface area contributed by atoms with Crippen LogP contribution < -0.4 is 9.64 Å². The lowest BCUT2D eigenvalue weighted by Crippen LogP contribution is -2.22. The van der Waals surface area contributed by atoms with Gasteiger partial charge in [0, 0.05) is 18.4 Å². The average molecular weight is 383 g/mol. The zero-order valence-corrected chi connectivity index (χ0v) is 14.7. The van der Waals surface area contributed by atoms with Crippen molar-refractivity contribution >= 4 is 11.6 Å². The Kier molecular flexibility index (Phi) is 4.85. The van der Waals surface area contributed by atoms with Crippen LogP contribution in [0.3, 0.4) is 0 Å². The number of pyridine rings is 1. The molecule has 0 unspecified atom stereocenters. The number of halogens is 2. The van der Waals surface area contributed by atoms with Crippen LogP contribution in [0.2, 0.25) is 0 Å². The van der Waals surface area contributed by atoms with Gasteiger partial charge in [-0.1, -0.05) is 18.2 Å². The fraction of sp³-hybridized carbons (Fsp3) is 0.263. The van der Waals surface area contributed by atoms with Crippen LogP contribution in [0.1, 0.15) is 11.1 Å². The molecule has 9 heteroatoms. The third-order valence-electron chi connectivity index (χ3n) is 4.38. The summed E-state index contributed by atoms with van der Waals surface area (Å²) in [5.74, 6) is 0.455. The molecule has 1 aliphatic heterocycles. The first kappa shape index (κ1) is 17.9. The highest BCUT2D eigenvalue weighted by molar-refractivity contribution is 5.67. The molecule has 142 valence electrons. The number of rotatable bonds is 6. The van der Waals surface area contributed by atoms with E-state index in [0.29, 0.717) is 11.5 Å². The second kappa shape index (κ2) is 7.60. The van der Waals surface area contributed by atoms with E-state index in [1.807, 2.05) is 29.2 Å². The zero-order chi connectivity index (χ0) is 19.5. The fourth-order valence-electron chi connectivity index (χ4n) is 2.99. The largest absolute Gasteiger partial charge is 0.468 e. The van der Waals surface area contributed by atoms with Gasteiger partial charge < -0.3 is 14.2 Å². The van der Waals surface area contributed by atoms with Gasteiger partial charge in [0.15, 0.2) is 6.10 Å². The van der Waals surface area contributed by atoms with Gasteiger partial charge in [-0.3, -0.25) is 0 Å². The van der Waals surface area contributed by atoms with Crippen LogP contribution in [0.4, 0.5) is 20.4 Å². The average Bonchev–Trinajstić information content (AvgIpc) is 3.39. The van der Waals surface area contributed by atoms with Gasteiger partial charge in [0.1, 0.15) is 25.0 Å². The quantitative estimate of drug-likeness (QED) is 0.645. The predicted molar refractivity (Wildman–Crippen MR) is 95.8 cm³/mol. The third-order valence-corrected chi connectivity index (χ3v) is 4.38. The Morgan fingerprint density at radius 3 is 2.89 bits per heavy atom. The Hall–Kier alpha value is -3.54. The molecule has 2 aromatic heterocycles. The Balaban J connectivity index is 1.60. The van der Waals surface area contributed by atoms with E-state index < -0.39 is 19.5 Å². The number of anilines is 2. The number of ether oxygens (including phenoxy) is 1. The van der Waals surface area contributed by atoms with E-state index >= 15 is 0 Å². The van der Waals surface area contributed by atoms with Crippen molar-refractivity contribution in [3.63, 3.8) is 0 Å². The Bertz CT molecular complexity index is 1030. The molecule has 7 nitrogen and oxygen atoms in total. The van der Waals surface area contributed by atoms with Crippen LogP contribution >= 0.6 is 0 Å². The molecule has 3 heterocycles. The van der Waals surface area contributed by atoms with Crippen LogP contribution in [-0.2, 0) is 6.42 Å². The molecule has 28 heavy (non-hydrogen) atoms. The second-order valence-corrected chi connectivity index (χ2v) is 6.17. The van der Waals surface area contributed by atoms with Gasteiger partial charge in [-0.2, -0.15) is 10.2 Å². The minimum atomic E-state index is -1.30. The zero-order valence-electron chi connectivity index (χ0n) is 14.7. The number of aromatic nitrogens is 3. The van der Waals surface area contributed by atoms with E-state index in [1.165, 1.54) is 17.8 Å². The molecule has 0 fully saturated rings. The number of alkyl halides is 2. The van der Waals surface area contributed by atoms with Gasteiger partial charge in [-0.15, -0.1) is 0 Å². The Labute approximate surface area is 159 Å². The number of benzene rings is 1. The van der Waals surface area contributed by atoms with Gasteiger partial charge in [-0.05, 0) is 29.3 Å². The molecule has 0 spiro atoms. The summed E-state index contributed by atoms with van der Waals surface area (Å²) >= 11 is 0. The van der Waals surface area contributed by atoms with Crippen molar-refractivity contribution in [1.82, 2.24) is 15.1 Å². The molecule has 1 aromatic carbocycles. The van der Waals surface area contributed by atoms with Crippen LogP contribution in [0.5, 0.6) is 5.88 Å². The summed E-state index contributed by atoms with van der Waals surface area (Å²) in [4.78, 5) is 10.3. The van der Waals surface area contributed by atoms with E-state index in [9.17, 15) is 14.0 Å². The van der Waals surface area contributed by atoms with Crippen molar-refractivity contribution in [3.05, 3.63) is 47.7 Å². The maximum absolute atomic E-state index is 12.7. The molecule has 0 amide bonds. The van der Waals surface area contributed by atoms with Crippen molar-refractivity contribution in [2.45, 2.75) is 12.5 Å². The molecular weight excluding hydrogens is 368 g/mol. The maximum Gasteiger partial charge on any atom is 0.270 e. The standard InChI is InChI=1S/C19H15F2N5O2/c20-8-15(9-21)27-17-13(10-22)7-14(11-23-17)18-24-19(25-28-18)26-6-5-12-3-1-2-4-16(12)26/h1-4,7,11,15H,5-6,8-9H2.